The van der Waals surface area contributed by atoms with Gasteiger partial charge in [0.2, 0.25) is 0 Å². The molecule has 1 N–H and O–H groups in total. The van der Waals surface area contributed by atoms with Crippen molar-refractivity contribution in [1.29, 1.82) is 0 Å². The maximum absolute atomic E-state index is 5.92. The average molecular weight is 290 g/mol. The van der Waals surface area contributed by atoms with E-state index >= 15 is 0 Å². The van der Waals surface area contributed by atoms with Crippen LogP contribution in [0.5, 0.6) is 11.5 Å². The van der Waals surface area contributed by atoms with Crippen molar-refractivity contribution < 1.29 is 9.47 Å². The second-order valence-electron chi connectivity index (χ2n) is 4.91. The molecule has 0 fully saturated rings. The molecular weight excluding hydrogens is 272 g/mol. The monoisotopic (exact) mass is 290 g/mol. The molecule has 0 radical (unpaired) electrons. The molecule has 0 spiro atoms. The van der Waals surface area contributed by atoms with Gasteiger partial charge < -0.3 is 14.8 Å². The Hall–Kier alpha value is -1.59. The van der Waals surface area contributed by atoms with Gasteiger partial charge in [-0.05, 0) is 26.0 Å². The maximum Gasteiger partial charge on any atom is 0.161 e. The number of fused-ring (bicyclic) bond motifs is 1. The van der Waals surface area contributed by atoms with E-state index in [-0.39, 0.29) is 12.1 Å². The molecule has 0 saturated heterocycles. The first-order valence-corrected chi connectivity index (χ1v) is 7.58. The number of hydrogen-bond acceptors (Lipinski definition) is 5. The van der Waals surface area contributed by atoms with Gasteiger partial charge >= 0.3 is 0 Å². The van der Waals surface area contributed by atoms with E-state index in [0.717, 1.165) is 23.1 Å². The molecule has 1 aliphatic rings. The molecule has 4 nitrogen and oxygen atoms in total. The summed E-state index contributed by atoms with van der Waals surface area (Å²) in [7, 11) is 0. The van der Waals surface area contributed by atoms with E-state index < -0.39 is 0 Å². The Bertz CT molecular complexity index is 585. The van der Waals surface area contributed by atoms with Gasteiger partial charge in [0.05, 0.1) is 5.01 Å². The standard InChI is InChI=1S/C15H18N2O2S/c1-10(15-8-17-11(2)20-15)16-7-12-9-18-13-5-3-4-6-14(13)19-12/h3-6,8,10,12,16H,7,9H2,1-2H3/t10-,12+/m1/s1. The van der Waals surface area contributed by atoms with Crippen LogP contribution >= 0.6 is 11.3 Å². The third kappa shape index (κ3) is 2.94. The lowest BCUT2D eigenvalue weighted by atomic mass is 10.2. The van der Waals surface area contributed by atoms with Gasteiger partial charge in [-0.1, -0.05) is 12.1 Å². The van der Waals surface area contributed by atoms with Gasteiger partial charge in [0, 0.05) is 23.7 Å². The Morgan fingerprint density at radius 3 is 2.95 bits per heavy atom. The minimum absolute atomic E-state index is 0.0429. The fourth-order valence-corrected chi connectivity index (χ4v) is 2.96. The lowest BCUT2D eigenvalue weighted by Gasteiger charge is -2.27. The minimum atomic E-state index is 0.0429. The zero-order chi connectivity index (χ0) is 13.9. The van der Waals surface area contributed by atoms with E-state index in [1.165, 1.54) is 4.88 Å². The topological polar surface area (TPSA) is 43.4 Å². The summed E-state index contributed by atoms with van der Waals surface area (Å²) in [5.41, 5.74) is 0. The smallest absolute Gasteiger partial charge is 0.161 e. The lowest BCUT2D eigenvalue weighted by Crippen LogP contribution is -2.39. The number of ether oxygens (including phenoxy) is 2. The largest absolute Gasteiger partial charge is 0.486 e. The van der Waals surface area contributed by atoms with Crippen molar-refractivity contribution >= 4 is 11.3 Å². The highest BCUT2D eigenvalue weighted by atomic mass is 32.1. The van der Waals surface area contributed by atoms with E-state index in [4.69, 9.17) is 9.47 Å². The van der Waals surface area contributed by atoms with Crippen LogP contribution in [0, 0.1) is 6.92 Å². The number of rotatable bonds is 4. The first-order valence-electron chi connectivity index (χ1n) is 6.76. The fraction of sp³-hybridized carbons (Fsp3) is 0.400. The Morgan fingerprint density at radius 1 is 1.40 bits per heavy atom. The van der Waals surface area contributed by atoms with Crippen LogP contribution < -0.4 is 14.8 Å². The fourth-order valence-electron chi connectivity index (χ4n) is 2.15. The van der Waals surface area contributed by atoms with Crippen molar-refractivity contribution in [3.8, 4) is 11.5 Å². The zero-order valence-corrected chi connectivity index (χ0v) is 12.4. The van der Waals surface area contributed by atoms with Crippen LogP contribution in [-0.2, 0) is 0 Å². The van der Waals surface area contributed by atoms with E-state index in [9.17, 15) is 0 Å². The van der Waals surface area contributed by atoms with Crippen LogP contribution in [0.25, 0.3) is 0 Å². The molecule has 0 aliphatic carbocycles. The molecule has 5 heteroatoms. The summed E-state index contributed by atoms with van der Waals surface area (Å²) in [6.07, 6.45) is 1.98. The number of nitrogens with zero attached hydrogens (tertiary/aromatic N) is 1. The Balaban J connectivity index is 1.55. The van der Waals surface area contributed by atoms with Gasteiger partial charge in [0.15, 0.2) is 11.5 Å². The molecule has 1 aromatic carbocycles. The molecule has 3 rings (SSSR count). The van der Waals surface area contributed by atoms with Gasteiger partial charge in [-0.15, -0.1) is 11.3 Å². The van der Waals surface area contributed by atoms with Crippen molar-refractivity contribution in [2.75, 3.05) is 13.2 Å². The highest BCUT2D eigenvalue weighted by Crippen LogP contribution is 2.30. The number of thiazole rings is 1. The van der Waals surface area contributed by atoms with Gasteiger partial charge in [-0.3, -0.25) is 0 Å². The summed E-state index contributed by atoms with van der Waals surface area (Å²) < 4.78 is 11.6. The van der Waals surface area contributed by atoms with Crippen LogP contribution in [0.4, 0.5) is 0 Å². The quantitative estimate of drug-likeness (QED) is 0.940. The molecule has 106 valence electrons. The van der Waals surface area contributed by atoms with Gasteiger partial charge in [-0.2, -0.15) is 0 Å². The van der Waals surface area contributed by atoms with Crippen molar-refractivity contribution in [3.63, 3.8) is 0 Å². The summed E-state index contributed by atoms with van der Waals surface area (Å²) in [4.78, 5) is 5.53. The van der Waals surface area contributed by atoms with E-state index in [1.54, 1.807) is 11.3 Å². The molecule has 0 bridgehead atoms. The van der Waals surface area contributed by atoms with Gasteiger partial charge in [0.1, 0.15) is 12.7 Å². The van der Waals surface area contributed by atoms with Crippen molar-refractivity contribution in [2.24, 2.45) is 0 Å². The number of aromatic nitrogens is 1. The van der Waals surface area contributed by atoms with E-state index in [0.29, 0.717) is 6.61 Å². The zero-order valence-electron chi connectivity index (χ0n) is 11.6. The molecule has 0 saturated carbocycles. The van der Waals surface area contributed by atoms with Crippen LogP contribution in [-0.4, -0.2) is 24.2 Å². The number of hydrogen-bond donors (Lipinski definition) is 1. The molecule has 1 aliphatic heterocycles. The molecular formula is C15H18N2O2S. The molecule has 20 heavy (non-hydrogen) atoms. The van der Waals surface area contributed by atoms with Crippen LogP contribution in [0.3, 0.4) is 0 Å². The summed E-state index contributed by atoms with van der Waals surface area (Å²) in [6, 6.07) is 8.07. The maximum atomic E-state index is 5.92. The summed E-state index contributed by atoms with van der Waals surface area (Å²) in [5, 5.41) is 4.58. The van der Waals surface area contributed by atoms with E-state index in [2.05, 4.69) is 17.2 Å². The Labute approximate surface area is 122 Å². The summed E-state index contributed by atoms with van der Waals surface area (Å²) in [5.74, 6) is 1.65. The molecule has 0 amide bonds. The second-order valence-corrected chi connectivity index (χ2v) is 6.18. The number of para-hydroxylation sites is 2. The summed E-state index contributed by atoms with van der Waals surface area (Å²) in [6.45, 7) is 5.51. The Morgan fingerprint density at radius 2 is 2.20 bits per heavy atom. The SMILES string of the molecule is Cc1ncc([C@@H](C)NC[C@H]2COc3ccccc3O2)s1. The molecule has 0 unspecified atom stereocenters. The van der Waals surface area contributed by atoms with Gasteiger partial charge in [-0.25, -0.2) is 4.98 Å². The van der Waals surface area contributed by atoms with E-state index in [1.807, 2.05) is 37.4 Å². The number of benzene rings is 1. The normalized spacial score (nSPS) is 18.8. The third-order valence-electron chi connectivity index (χ3n) is 3.29. The number of nitrogens with one attached hydrogen (secondary N) is 1. The van der Waals surface area contributed by atoms with Gasteiger partial charge in [0.25, 0.3) is 0 Å². The summed E-state index contributed by atoms with van der Waals surface area (Å²) >= 11 is 1.73. The highest BCUT2D eigenvalue weighted by molar-refractivity contribution is 7.11. The first kappa shape index (κ1) is 13.4. The second kappa shape index (κ2) is 5.81. The molecule has 2 atom stereocenters. The van der Waals surface area contributed by atoms with Crippen LogP contribution in [0.15, 0.2) is 30.5 Å². The number of aryl methyl sites for hydroxylation is 1. The van der Waals surface area contributed by atoms with Crippen molar-refractivity contribution in [1.82, 2.24) is 10.3 Å². The minimum Gasteiger partial charge on any atom is -0.486 e. The lowest BCUT2D eigenvalue weighted by molar-refractivity contribution is 0.0887. The van der Waals surface area contributed by atoms with Crippen molar-refractivity contribution in [2.45, 2.75) is 26.0 Å². The average Bonchev–Trinajstić information content (AvgIpc) is 2.91. The third-order valence-corrected chi connectivity index (χ3v) is 4.38. The van der Waals surface area contributed by atoms with Crippen molar-refractivity contribution in [3.05, 3.63) is 40.3 Å². The highest BCUT2D eigenvalue weighted by Gasteiger charge is 2.21. The molecule has 1 aromatic heterocycles. The Kier molecular flexibility index (Phi) is 3.89. The predicted molar refractivity (Wildman–Crippen MR) is 79.6 cm³/mol. The molecule has 2 heterocycles. The predicted octanol–water partition coefficient (Wildman–Crippen LogP) is 2.94. The first-order chi connectivity index (χ1) is 9.72. The van der Waals surface area contributed by atoms with Crippen LogP contribution in [0.2, 0.25) is 0 Å². The molecule has 2 aromatic rings. The van der Waals surface area contributed by atoms with Crippen LogP contribution in [0.1, 0.15) is 22.9 Å².